The highest BCUT2D eigenvalue weighted by Gasteiger charge is 2.42. The fourth-order valence-electron chi connectivity index (χ4n) is 1.29. The number of hydrogen-bond donors (Lipinski definition) is 1. The van der Waals surface area contributed by atoms with Crippen LogP contribution in [0.15, 0.2) is 22.6 Å². The minimum atomic E-state index is -0.249. The van der Waals surface area contributed by atoms with Crippen LogP contribution < -0.4 is 5.73 Å². The topological polar surface area (TPSA) is 69.4 Å². The van der Waals surface area contributed by atoms with Crippen molar-refractivity contribution in [3.05, 3.63) is 22.6 Å². The van der Waals surface area contributed by atoms with Crippen molar-refractivity contribution in [2.75, 3.05) is 7.11 Å². The molecule has 4 nitrogen and oxygen atoms in total. The summed E-state index contributed by atoms with van der Waals surface area (Å²) in [6, 6.07) is 0. The third kappa shape index (κ3) is 0.664. The van der Waals surface area contributed by atoms with Gasteiger partial charge in [-0.15, -0.1) is 0 Å². The molecule has 0 heterocycles. The van der Waals surface area contributed by atoms with Crippen LogP contribution in [0.3, 0.4) is 0 Å². The SMILES string of the molecule is COC1=C(N)C(=O)C2=C(C2)C1=O. The summed E-state index contributed by atoms with van der Waals surface area (Å²) >= 11 is 0. The van der Waals surface area contributed by atoms with Crippen molar-refractivity contribution >= 4 is 11.6 Å². The third-order valence-electron chi connectivity index (χ3n) is 2.04. The van der Waals surface area contributed by atoms with Crippen LogP contribution >= 0.6 is 0 Å². The summed E-state index contributed by atoms with van der Waals surface area (Å²) in [7, 11) is 1.33. The first-order valence-electron chi connectivity index (χ1n) is 3.52. The average Bonchev–Trinajstić information content (AvgIpc) is 2.81. The maximum atomic E-state index is 11.3. The highest BCUT2D eigenvalue weighted by Crippen LogP contribution is 2.39. The highest BCUT2D eigenvalue weighted by atomic mass is 16.5. The van der Waals surface area contributed by atoms with Crippen molar-refractivity contribution in [3.63, 3.8) is 0 Å². The van der Waals surface area contributed by atoms with Gasteiger partial charge in [0, 0.05) is 17.6 Å². The second-order valence-electron chi connectivity index (χ2n) is 2.74. The summed E-state index contributed by atoms with van der Waals surface area (Å²) in [5.41, 5.74) is 6.45. The Labute approximate surface area is 68.7 Å². The second kappa shape index (κ2) is 1.97. The lowest BCUT2D eigenvalue weighted by molar-refractivity contribution is -0.117. The van der Waals surface area contributed by atoms with Gasteiger partial charge in [-0.05, 0) is 0 Å². The van der Waals surface area contributed by atoms with Gasteiger partial charge in [0.15, 0.2) is 5.76 Å². The summed E-state index contributed by atoms with van der Waals surface area (Å²) in [5, 5.41) is 0. The molecule has 0 unspecified atom stereocenters. The van der Waals surface area contributed by atoms with E-state index in [-0.39, 0.29) is 23.0 Å². The van der Waals surface area contributed by atoms with Crippen LogP contribution in [0, 0.1) is 0 Å². The quantitative estimate of drug-likeness (QED) is 0.539. The van der Waals surface area contributed by atoms with Crippen LogP contribution in [0.25, 0.3) is 0 Å². The first-order chi connectivity index (χ1) is 5.66. The molecule has 2 aliphatic carbocycles. The molecule has 4 heteroatoms. The van der Waals surface area contributed by atoms with Gasteiger partial charge in [-0.3, -0.25) is 9.59 Å². The number of nitrogens with two attached hydrogens (primary N) is 1. The van der Waals surface area contributed by atoms with Crippen molar-refractivity contribution in [2.45, 2.75) is 6.42 Å². The molecule has 0 bridgehead atoms. The summed E-state index contributed by atoms with van der Waals surface area (Å²) in [6.45, 7) is 0. The second-order valence-corrected chi connectivity index (χ2v) is 2.74. The van der Waals surface area contributed by atoms with E-state index in [1.54, 1.807) is 0 Å². The van der Waals surface area contributed by atoms with E-state index in [2.05, 4.69) is 0 Å². The molecule has 0 fully saturated rings. The molecule has 0 saturated heterocycles. The lowest BCUT2D eigenvalue weighted by atomic mass is 10.1. The zero-order valence-electron chi connectivity index (χ0n) is 6.51. The Morgan fingerprint density at radius 3 is 2.42 bits per heavy atom. The van der Waals surface area contributed by atoms with Gasteiger partial charge in [0.05, 0.1) is 7.11 Å². The Hall–Kier alpha value is -1.58. The van der Waals surface area contributed by atoms with Gasteiger partial charge in [0.2, 0.25) is 11.6 Å². The smallest absolute Gasteiger partial charge is 0.226 e. The van der Waals surface area contributed by atoms with Gasteiger partial charge >= 0.3 is 0 Å². The van der Waals surface area contributed by atoms with Gasteiger partial charge in [-0.2, -0.15) is 0 Å². The Bertz CT molecular complexity index is 362. The molecule has 0 aliphatic heterocycles. The molecule has 2 aliphatic rings. The number of hydrogen-bond acceptors (Lipinski definition) is 4. The molecule has 0 saturated carbocycles. The Balaban J connectivity index is 2.49. The van der Waals surface area contributed by atoms with Crippen molar-refractivity contribution in [1.82, 2.24) is 0 Å². The molecule has 0 radical (unpaired) electrons. The van der Waals surface area contributed by atoms with Gasteiger partial charge in [0.25, 0.3) is 0 Å². The minimum Gasteiger partial charge on any atom is -0.491 e. The van der Waals surface area contributed by atoms with Crippen LogP contribution in [-0.4, -0.2) is 18.7 Å². The van der Waals surface area contributed by atoms with Crippen LogP contribution in [0.4, 0.5) is 0 Å². The van der Waals surface area contributed by atoms with Crippen LogP contribution in [0.5, 0.6) is 0 Å². The molecule has 0 amide bonds. The molecule has 12 heavy (non-hydrogen) atoms. The van der Waals surface area contributed by atoms with E-state index >= 15 is 0 Å². The van der Waals surface area contributed by atoms with E-state index in [1.165, 1.54) is 7.11 Å². The summed E-state index contributed by atoms with van der Waals surface area (Å²) in [6.07, 6.45) is 0.477. The van der Waals surface area contributed by atoms with Crippen LogP contribution in [0.1, 0.15) is 6.42 Å². The predicted octanol–water partition coefficient (Wildman–Crippen LogP) is -0.345. The van der Waals surface area contributed by atoms with E-state index in [0.717, 1.165) is 0 Å². The van der Waals surface area contributed by atoms with Crippen LogP contribution in [-0.2, 0) is 14.3 Å². The summed E-state index contributed by atoms with van der Waals surface area (Å²) in [5.74, 6) is -0.484. The molecule has 2 rings (SSSR count). The highest BCUT2D eigenvalue weighted by molar-refractivity contribution is 6.29. The number of ketones is 2. The van der Waals surface area contributed by atoms with E-state index in [0.29, 0.717) is 17.6 Å². The van der Waals surface area contributed by atoms with E-state index in [4.69, 9.17) is 10.5 Å². The third-order valence-corrected chi connectivity index (χ3v) is 2.04. The molecule has 0 aromatic carbocycles. The lowest BCUT2D eigenvalue weighted by Gasteiger charge is -2.07. The fourth-order valence-corrected chi connectivity index (χ4v) is 1.29. The van der Waals surface area contributed by atoms with Crippen LogP contribution in [0.2, 0.25) is 0 Å². The number of Topliss-reactive ketones (excluding diaryl/α,β-unsaturated/α-hetero) is 2. The molecule has 2 N–H and O–H groups in total. The average molecular weight is 165 g/mol. The molecule has 0 spiro atoms. The Morgan fingerprint density at radius 2 is 1.83 bits per heavy atom. The zero-order valence-corrected chi connectivity index (χ0v) is 6.51. The van der Waals surface area contributed by atoms with Crippen molar-refractivity contribution in [2.24, 2.45) is 5.73 Å². The monoisotopic (exact) mass is 165 g/mol. The number of allylic oxidation sites excluding steroid dienone is 2. The van der Waals surface area contributed by atoms with Gasteiger partial charge in [-0.25, -0.2) is 0 Å². The Morgan fingerprint density at radius 1 is 1.25 bits per heavy atom. The summed E-state index contributed by atoms with van der Waals surface area (Å²) < 4.78 is 4.73. The normalized spacial score (nSPS) is 21.4. The molecule has 62 valence electrons. The molecular formula is C8H7NO3. The van der Waals surface area contributed by atoms with Crippen molar-refractivity contribution in [3.8, 4) is 0 Å². The first kappa shape index (κ1) is 7.09. The summed E-state index contributed by atoms with van der Waals surface area (Å²) in [4.78, 5) is 22.5. The van der Waals surface area contributed by atoms with E-state index in [1.807, 2.05) is 0 Å². The van der Waals surface area contributed by atoms with Gasteiger partial charge in [-0.1, -0.05) is 0 Å². The molecule has 0 atom stereocenters. The van der Waals surface area contributed by atoms with E-state index < -0.39 is 0 Å². The number of methoxy groups -OCH3 is 1. The predicted molar refractivity (Wildman–Crippen MR) is 39.9 cm³/mol. The van der Waals surface area contributed by atoms with Crippen molar-refractivity contribution in [1.29, 1.82) is 0 Å². The Kier molecular flexibility index (Phi) is 1.16. The maximum Gasteiger partial charge on any atom is 0.226 e. The number of carbonyl (C=O) groups is 2. The largest absolute Gasteiger partial charge is 0.491 e. The fraction of sp³-hybridized carbons (Fsp3) is 0.250. The number of rotatable bonds is 1. The first-order valence-corrected chi connectivity index (χ1v) is 3.52. The molecular weight excluding hydrogens is 158 g/mol. The lowest BCUT2D eigenvalue weighted by Crippen LogP contribution is -2.21. The van der Waals surface area contributed by atoms with Crippen molar-refractivity contribution < 1.29 is 14.3 Å². The van der Waals surface area contributed by atoms with Gasteiger partial charge < -0.3 is 10.5 Å². The van der Waals surface area contributed by atoms with E-state index in [9.17, 15) is 9.59 Å². The minimum absolute atomic E-state index is 0.00347. The molecule has 0 aromatic rings. The standard InChI is InChI=1S/C8H7NO3/c1-12-8-5(9)6(10)3-2-4(3)7(8)11/h2,9H2,1H3. The molecule has 0 aromatic heterocycles. The van der Waals surface area contributed by atoms with Gasteiger partial charge in [0.1, 0.15) is 5.70 Å². The zero-order chi connectivity index (χ0) is 8.88. The number of ether oxygens (including phenoxy) is 1. The maximum absolute atomic E-state index is 11.3. The number of carbonyl (C=O) groups excluding carboxylic acids is 2.